The largest absolute Gasteiger partial charge is 0.508 e. The van der Waals surface area contributed by atoms with Crippen LogP contribution < -0.4 is 10.1 Å². The van der Waals surface area contributed by atoms with Crippen molar-refractivity contribution in [1.82, 2.24) is 24.9 Å². The van der Waals surface area contributed by atoms with Gasteiger partial charge >= 0.3 is 23.6 Å². The molecule has 4 atom stereocenters. The zero-order valence-electron chi connectivity index (χ0n) is 31.1. The van der Waals surface area contributed by atoms with Gasteiger partial charge in [0.25, 0.3) is 0 Å². The van der Waals surface area contributed by atoms with E-state index in [1.807, 2.05) is 48.2 Å². The fourth-order valence-electron chi connectivity index (χ4n) is 8.03. The average molecular weight is 704 g/mol. The maximum Gasteiger partial charge on any atom is 0.312 e. The summed E-state index contributed by atoms with van der Waals surface area (Å²) in [4.78, 5) is 61.4. The summed E-state index contributed by atoms with van der Waals surface area (Å²) < 4.78 is 5.59. The molecular weight excluding hydrogens is 646 g/mol. The van der Waals surface area contributed by atoms with Gasteiger partial charge in [-0.1, -0.05) is 52.0 Å². The number of hydrogen-bond acceptors (Lipinski definition) is 7. The molecule has 3 saturated heterocycles. The van der Waals surface area contributed by atoms with Crippen LogP contribution in [0.1, 0.15) is 71.4 Å². The van der Waals surface area contributed by atoms with Crippen molar-refractivity contribution in [2.45, 2.75) is 97.3 Å². The van der Waals surface area contributed by atoms with Crippen LogP contribution in [0.4, 0.5) is 0 Å². The van der Waals surface area contributed by atoms with Crippen LogP contribution in [0.3, 0.4) is 0 Å². The summed E-state index contributed by atoms with van der Waals surface area (Å²) in [5, 5.41) is 12.7. The summed E-state index contributed by atoms with van der Waals surface area (Å²) in [5.41, 5.74) is 2.04. The minimum absolute atomic E-state index is 0.0420. The van der Waals surface area contributed by atoms with E-state index in [1.165, 1.54) is 0 Å². The molecule has 2 aromatic rings. The zero-order chi connectivity index (χ0) is 36.7. The number of phenolic OH excluding ortho intramolecular Hbond substituents is 1. The highest BCUT2D eigenvalue weighted by Gasteiger charge is 2.44. The first kappa shape index (κ1) is 38.1. The van der Waals surface area contributed by atoms with Crippen LogP contribution in [-0.4, -0.2) is 118 Å². The number of amides is 4. The summed E-state index contributed by atoms with van der Waals surface area (Å²) in [5.74, 6) is -0.302. The third-order valence-corrected chi connectivity index (χ3v) is 10.5. The molecule has 3 heterocycles. The molecule has 2 N–H and O–H groups in total. The number of rotatable bonds is 16. The highest BCUT2D eigenvalue weighted by Crippen LogP contribution is 2.28. The molecule has 0 aromatic heterocycles. The predicted molar refractivity (Wildman–Crippen MR) is 196 cm³/mol. The lowest BCUT2D eigenvalue weighted by atomic mass is 9.96. The number of likely N-dealkylation sites (tertiary alicyclic amines) is 1. The highest BCUT2D eigenvalue weighted by molar-refractivity contribution is 6.36. The molecule has 11 heteroatoms. The SMILES string of the molecule is CCOc1ccc(CCN2C(=O)C(=O)N([C@@H](CC(C)C)CN3CCC[C@H]3CN3C(=O)C(=O)NC[C@@H]3CC(C)C)C[C@@H]2Cc2ccc(O)cc2)cc1. The van der Waals surface area contributed by atoms with Crippen molar-refractivity contribution in [3.63, 3.8) is 0 Å². The Labute approximate surface area is 303 Å². The molecule has 0 radical (unpaired) electrons. The molecule has 5 rings (SSSR count). The molecule has 0 unspecified atom stereocenters. The second kappa shape index (κ2) is 17.4. The first-order valence-electron chi connectivity index (χ1n) is 18.9. The summed E-state index contributed by atoms with van der Waals surface area (Å²) >= 11 is 0. The van der Waals surface area contributed by atoms with Gasteiger partial charge in [-0.25, -0.2) is 0 Å². The van der Waals surface area contributed by atoms with Crippen LogP contribution in [0.15, 0.2) is 48.5 Å². The molecule has 3 fully saturated rings. The number of phenols is 1. The van der Waals surface area contributed by atoms with Gasteiger partial charge in [-0.3, -0.25) is 24.1 Å². The number of benzene rings is 2. The van der Waals surface area contributed by atoms with Gasteiger partial charge in [0, 0.05) is 50.8 Å². The van der Waals surface area contributed by atoms with Crippen LogP contribution in [-0.2, 0) is 32.0 Å². The Morgan fingerprint density at radius 1 is 0.843 bits per heavy atom. The van der Waals surface area contributed by atoms with E-state index in [-0.39, 0.29) is 35.8 Å². The van der Waals surface area contributed by atoms with Crippen molar-refractivity contribution >= 4 is 23.6 Å². The van der Waals surface area contributed by atoms with E-state index in [1.54, 1.807) is 21.9 Å². The average Bonchev–Trinajstić information content (AvgIpc) is 3.53. The number of piperazine rings is 2. The molecular formula is C40H57N5O6. The molecule has 0 aliphatic carbocycles. The highest BCUT2D eigenvalue weighted by atomic mass is 16.5. The minimum atomic E-state index is -0.540. The summed E-state index contributed by atoms with van der Waals surface area (Å²) in [7, 11) is 0. The molecule has 3 aliphatic rings. The number of aromatic hydroxyl groups is 1. The number of carbonyl (C=O) groups excluding carboxylic acids is 4. The van der Waals surface area contributed by atoms with Gasteiger partial charge in [0.2, 0.25) is 0 Å². The fourth-order valence-corrected chi connectivity index (χ4v) is 8.03. The number of nitrogens with zero attached hydrogens (tertiary/aromatic N) is 4. The van der Waals surface area contributed by atoms with Gasteiger partial charge in [-0.05, 0) is 99.2 Å². The monoisotopic (exact) mass is 703 g/mol. The van der Waals surface area contributed by atoms with Crippen LogP contribution >= 0.6 is 0 Å². The molecule has 0 bridgehead atoms. The van der Waals surface area contributed by atoms with Crippen LogP contribution in [0.5, 0.6) is 11.5 Å². The molecule has 11 nitrogen and oxygen atoms in total. The van der Waals surface area contributed by atoms with E-state index >= 15 is 0 Å². The van der Waals surface area contributed by atoms with Gasteiger partial charge in [0.1, 0.15) is 11.5 Å². The van der Waals surface area contributed by atoms with Gasteiger partial charge in [-0.2, -0.15) is 0 Å². The predicted octanol–water partition coefficient (Wildman–Crippen LogP) is 3.87. The van der Waals surface area contributed by atoms with Gasteiger partial charge in [0.15, 0.2) is 0 Å². The standard InChI is InChI=1S/C40H57N5O6/c1-6-51-36-15-11-29(12-16-36)17-19-43-34(22-30-9-13-35(46)14-10-30)26-45(40(50)39(43)49)33(21-28(4)5)24-42-18-7-8-31(42)25-44-32(20-27(2)3)23-41-37(47)38(44)48/h9-16,27-28,31-34,46H,6-8,17-26H2,1-5H3,(H,41,47)/t31-,32-,33-,34-/m0/s1. The van der Waals surface area contributed by atoms with Crippen molar-refractivity contribution in [3.05, 3.63) is 59.7 Å². The molecule has 278 valence electrons. The lowest BCUT2D eigenvalue weighted by Gasteiger charge is -2.46. The Kier molecular flexibility index (Phi) is 13.0. The van der Waals surface area contributed by atoms with Crippen molar-refractivity contribution in [2.75, 3.05) is 45.9 Å². The van der Waals surface area contributed by atoms with Gasteiger partial charge < -0.3 is 29.9 Å². The van der Waals surface area contributed by atoms with Crippen molar-refractivity contribution in [1.29, 1.82) is 0 Å². The van der Waals surface area contributed by atoms with E-state index in [4.69, 9.17) is 4.74 Å². The fraction of sp³-hybridized carbons (Fsp3) is 0.600. The first-order valence-corrected chi connectivity index (χ1v) is 18.9. The molecule has 0 spiro atoms. The minimum Gasteiger partial charge on any atom is -0.508 e. The third-order valence-electron chi connectivity index (χ3n) is 10.5. The quantitative estimate of drug-likeness (QED) is 0.255. The molecule has 51 heavy (non-hydrogen) atoms. The smallest absolute Gasteiger partial charge is 0.312 e. The van der Waals surface area contributed by atoms with Gasteiger partial charge in [-0.15, -0.1) is 0 Å². The second-order valence-corrected chi connectivity index (χ2v) is 15.3. The van der Waals surface area contributed by atoms with Crippen LogP contribution in [0, 0.1) is 11.8 Å². The molecule has 4 amide bonds. The first-order chi connectivity index (χ1) is 24.4. The number of hydrogen-bond donors (Lipinski definition) is 2. The Balaban J connectivity index is 1.35. The van der Waals surface area contributed by atoms with Crippen molar-refractivity contribution in [2.24, 2.45) is 11.8 Å². The van der Waals surface area contributed by atoms with E-state index in [9.17, 15) is 24.3 Å². The van der Waals surface area contributed by atoms with Crippen molar-refractivity contribution < 1.29 is 29.0 Å². The second-order valence-electron chi connectivity index (χ2n) is 15.3. The number of nitrogens with one attached hydrogen (secondary N) is 1. The van der Waals surface area contributed by atoms with Crippen molar-refractivity contribution in [3.8, 4) is 11.5 Å². The molecule has 2 aromatic carbocycles. The normalized spacial score (nSPS) is 22.3. The van der Waals surface area contributed by atoms with E-state index in [2.05, 4.69) is 37.9 Å². The number of carbonyl (C=O) groups is 4. The Morgan fingerprint density at radius 3 is 2.22 bits per heavy atom. The molecule has 3 aliphatic heterocycles. The Bertz CT molecular complexity index is 1500. The van der Waals surface area contributed by atoms with Gasteiger partial charge in [0.05, 0.1) is 12.6 Å². The van der Waals surface area contributed by atoms with Crippen LogP contribution in [0.25, 0.3) is 0 Å². The molecule has 0 saturated carbocycles. The maximum absolute atomic E-state index is 14.1. The Morgan fingerprint density at radius 2 is 1.55 bits per heavy atom. The van der Waals surface area contributed by atoms with Crippen LogP contribution in [0.2, 0.25) is 0 Å². The topological polar surface area (TPSA) is 123 Å². The maximum atomic E-state index is 14.1. The lowest BCUT2D eigenvalue weighted by molar-refractivity contribution is -0.161. The Hall–Kier alpha value is -4.12. The zero-order valence-corrected chi connectivity index (χ0v) is 31.1. The third kappa shape index (κ3) is 9.81. The summed E-state index contributed by atoms with van der Waals surface area (Å²) in [6, 6.07) is 14.5. The summed E-state index contributed by atoms with van der Waals surface area (Å²) in [6.07, 6.45) is 4.59. The lowest BCUT2D eigenvalue weighted by Crippen LogP contribution is -2.64. The van der Waals surface area contributed by atoms with E-state index < -0.39 is 23.6 Å². The number of ether oxygens (including phenoxy) is 1. The summed E-state index contributed by atoms with van der Waals surface area (Å²) in [6.45, 7) is 14.3. The van der Waals surface area contributed by atoms with E-state index in [0.717, 1.165) is 49.1 Å². The van der Waals surface area contributed by atoms with E-state index in [0.29, 0.717) is 58.1 Å².